The summed E-state index contributed by atoms with van der Waals surface area (Å²) in [6, 6.07) is 18.9. The van der Waals surface area contributed by atoms with Crippen LogP contribution in [0.3, 0.4) is 0 Å². The van der Waals surface area contributed by atoms with Crippen LogP contribution in [0.15, 0.2) is 65.1 Å². The molecule has 0 aliphatic carbocycles. The van der Waals surface area contributed by atoms with Gasteiger partial charge in [-0.05, 0) is 24.3 Å². The fourth-order valence-corrected chi connectivity index (χ4v) is 2.58. The summed E-state index contributed by atoms with van der Waals surface area (Å²) < 4.78 is 6.45. The van der Waals surface area contributed by atoms with Gasteiger partial charge < -0.3 is 10.1 Å². The zero-order valence-electron chi connectivity index (χ0n) is 13.8. The van der Waals surface area contributed by atoms with Crippen molar-refractivity contribution in [1.29, 1.82) is 0 Å². The number of ether oxygens (including phenoxy) is 1. The van der Waals surface area contributed by atoms with Crippen LogP contribution in [0.4, 0.5) is 0 Å². The Morgan fingerprint density at radius 3 is 2.77 bits per heavy atom. The molecule has 1 aromatic heterocycles. The first-order chi connectivity index (χ1) is 12.7. The van der Waals surface area contributed by atoms with Crippen LogP contribution in [-0.4, -0.2) is 29.3 Å². The standard InChI is InChI=1S/C20H16BrN3O2/c21-16-9-6-10-17(13-16)26-12-5-4-11-22-20(25)19-14-18(23-24-19)15-7-2-1-3-8-15/h1-3,6-10,13-14H,11-12H2,(H,22,25)(H,23,24). The second-order valence-electron chi connectivity index (χ2n) is 5.32. The van der Waals surface area contributed by atoms with Crippen LogP contribution in [0.25, 0.3) is 11.3 Å². The van der Waals surface area contributed by atoms with Gasteiger partial charge in [0, 0.05) is 10.0 Å². The highest BCUT2D eigenvalue weighted by Gasteiger charge is 2.09. The molecule has 0 aliphatic rings. The minimum Gasteiger partial charge on any atom is -0.481 e. The monoisotopic (exact) mass is 409 g/mol. The zero-order chi connectivity index (χ0) is 18.2. The van der Waals surface area contributed by atoms with Crippen molar-refractivity contribution in [3.8, 4) is 28.8 Å². The van der Waals surface area contributed by atoms with Gasteiger partial charge in [-0.3, -0.25) is 9.89 Å². The van der Waals surface area contributed by atoms with Crippen molar-refractivity contribution in [3.05, 3.63) is 70.8 Å². The number of H-pyrrole nitrogens is 1. The van der Waals surface area contributed by atoms with Crippen LogP contribution in [0.5, 0.6) is 5.75 Å². The molecule has 1 amide bonds. The number of hydrogen-bond acceptors (Lipinski definition) is 3. The van der Waals surface area contributed by atoms with Crippen molar-refractivity contribution in [2.75, 3.05) is 13.2 Å². The molecule has 1 heterocycles. The summed E-state index contributed by atoms with van der Waals surface area (Å²) in [5.41, 5.74) is 2.08. The van der Waals surface area contributed by atoms with Gasteiger partial charge in [0.1, 0.15) is 18.1 Å². The van der Waals surface area contributed by atoms with Gasteiger partial charge in [-0.2, -0.15) is 5.10 Å². The van der Waals surface area contributed by atoms with Gasteiger partial charge in [0.15, 0.2) is 0 Å². The first-order valence-electron chi connectivity index (χ1n) is 7.95. The summed E-state index contributed by atoms with van der Waals surface area (Å²) in [5.74, 6) is 6.21. The van der Waals surface area contributed by atoms with E-state index in [-0.39, 0.29) is 19.1 Å². The molecule has 0 saturated heterocycles. The number of carbonyl (C=O) groups is 1. The number of amides is 1. The van der Waals surface area contributed by atoms with Gasteiger partial charge in [-0.15, -0.1) is 0 Å². The van der Waals surface area contributed by atoms with Crippen LogP contribution in [0.2, 0.25) is 0 Å². The summed E-state index contributed by atoms with van der Waals surface area (Å²) in [6.45, 7) is 0.495. The van der Waals surface area contributed by atoms with Crippen LogP contribution < -0.4 is 10.1 Å². The van der Waals surface area contributed by atoms with E-state index in [1.165, 1.54) is 0 Å². The molecule has 0 atom stereocenters. The quantitative estimate of drug-likeness (QED) is 0.631. The molecule has 0 aliphatic heterocycles. The summed E-state index contributed by atoms with van der Waals surface area (Å²) in [7, 11) is 0. The highest BCUT2D eigenvalue weighted by molar-refractivity contribution is 9.10. The average molecular weight is 410 g/mol. The van der Waals surface area contributed by atoms with Crippen LogP contribution in [0, 0.1) is 11.8 Å². The highest BCUT2D eigenvalue weighted by Crippen LogP contribution is 2.17. The number of carbonyl (C=O) groups excluding carboxylic acids is 1. The maximum absolute atomic E-state index is 12.1. The van der Waals surface area contributed by atoms with Gasteiger partial charge in [0.25, 0.3) is 5.91 Å². The lowest BCUT2D eigenvalue weighted by atomic mass is 10.1. The summed E-state index contributed by atoms with van der Waals surface area (Å²) in [4.78, 5) is 12.1. The van der Waals surface area contributed by atoms with Crippen LogP contribution in [-0.2, 0) is 0 Å². The molecular formula is C20H16BrN3O2. The van der Waals surface area contributed by atoms with Gasteiger partial charge >= 0.3 is 0 Å². The predicted octanol–water partition coefficient (Wildman–Crippen LogP) is 3.65. The zero-order valence-corrected chi connectivity index (χ0v) is 15.4. The van der Waals surface area contributed by atoms with Crippen LogP contribution >= 0.6 is 15.9 Å². The number of aromatic amines is 1. The van der Waals surface area contributed by atoms with E-state index < -0.39 is 0 Å². The first kappa shape index (κ1) is 17.8. The van der Waals surface area contributed by atoms with Crippen molar-refractivity contribution in [2.45, 2.75) is 0 Å². The first-order valence-corrected chi connectivity index (χ1v) is 8.75. The number of nitrogens with zero attached hydrogens (tertiary/aromatic N) is 1. The van der Waals surface area contributed by atoms with Gasteiger partial charge in [0.2, 0.25) is 0 Å². The topological polar surface area (TPSA) is 67.0 Å². The van der Waals surface area contributed by atoms with Crippen molar-refractivity contribution >= 4 is 21.8 Å². The Balaban J connectivity index is 1.46. The number of hydrogen-bond donors (Lipinski definition) is 2. The maximum atomic E-state index is 12.1. The molecule has 6 heteroatoms. The molecule has 0 spiro atoms. The largest absolute Gasteiger partial charge is 0.481 e. The molecular weight excluding hydrogens is 394 g/mol. The van der Waals surface area contributed by atoms with Crippen molar-refractivity contribution in [2.24, 2.45) is 0 Å². The Hall–Kier alpha value is -3.04. The van der Waals surface area contributed by atoms with E-state index >= 15 is 0 Å². The Morgan fingerprint density at radius 1 is 1.12 bits per heavy atom. The molecule has 5 nitrogen and oxygen atoms in total. The lowest BCUT2D eigenvalue weighted by Gasteiger charge is -2.01. The third kappa shape index (κ3) is 4.98. The Morgan fingerprint density at radius 2 is 1.96 bits per heavy atom. The third-order valence-electron chi connectivity index (χ3n) is 3.46. The molecule has 3 aromatic rings. The number of rotatable bonds is 5. The smallest absolute Gasteiger partial charge is 0.270 e. The Bertz CT molecular complexity index is 942. The van der Waals surface area contributed by atoms with Crippen molar-refractivity contribution in [1.82, 2.24) is 15.5 Å². The van der Waals surface area contributed by atoms with E-state index in [4.69, 9.17) is 4.74 Å². The number of benzene rings is 2. The van der Waals surface area contributed by atoms with Crippen molar-refractivity contribution in [3.63, 3.8) is 0 Å². The second kappa shape index (κ2) is 8.88. The predicted molar refractivity (Wildman–Crippen MR) is 104 cm³/mol. The minimum atomic E-state index is -0.248. The van der Waals surface area contributed by atoms with Gasteiger partial charge in [0.05, 0.1) is 12.2 Å². The molecule has 3 rings (SSSR count). The van der Waals surface area contributed by atoms with Crippen LogP contribution in [0.1, 0.15) is 10.5 Å². The molecule has 2 aromatic carbocycles. The SMILES string of the molecule is O=C(NCC#CCOc1cccc(Br)c1)c1cc(-c2ccccc2)n[nH]1. The van der Waals surface area contributed by atoms with E-state index in [1.54, 1.807) is 6.07 Å². The van der Waals surface area contributed by atoms with E-state index in [0.717, 1.165) is 21.5 Å². The molecule has 0 fully saturated rings. The van der Waals surface area contributed by atoms with E-state index in [1.807, 2.05) is 54.6 Å². The minimum absolute atomic E-state index is 0.236. The highest BCUT2D eigenvalue weighted by atomic mass is 79.9. The van der Waals surface area contributed by atoms with Gasteiger partial charge in [-0.25, -0.2) is 0 Å². The normalized spacial score (nSPS) is 9.88. The number of aromatic nitrogens is 2. The molecule has 0 unspecified atom stereocenters. The Labute approximate surface area is 159 Å². The van der Waals surface area contributed by atoms with E-state index in [0.29, 0.717) is 5.69 Å². The van der Waals surface area contributed by atoms with Crippen molar-refractivity contribution < 1.29 is 9.53 Å². The van der Waals surface area contributed by atoms with E-state index in [9.17, 15) is 4.79 Å². The maximum Gasteiger partial charge on any atom is 0.270 e. The number of nitrogens with one attached hydrogen (secondary N) is 2. The average Bonchev–Trinajstić information content (AvgIpc) is 3.15. The Kier molecular flexibility index (Phi) is 6.07. The molecule has 0 radical (unpaired) electrons. The fraction of sp³-hybridized carbons (Fsp3) is 0.100. The molecule has 130 valence electrons. The number of halogens is 1. The fourth-order valence-electron chi connectivity index (χ4n) is 2.20. The molecule has 0 bridgehead atoms. The molecule has 0 saturated carbocycles. The summed E-state index contributed by atoms with van der Waals surface area (Å²) in [6.07, 6.45) is 0. The van der Waals surface area contributed by atoms with E-state index in [2.05, 4.69) is 43.3 Å². The second-order valence-corrected chi connectivity index (χ2v) is 6.23. The third-order valence-corrected chi connectivity index (χ3v) is 3.95. The summed E-state index contributed by atoms with van der Waals surface area (Å²) >= 11 is 3.38. The van der Waals surface area contributed by atoms with Gasteiger partial charge in [-0.1, -0.05) is 64.2 Å². The lowest BCUT2D eigenvalue weighted by Crippen LogP contribution is -2.24. The molecule has 26 heavy (non-hydrogen) atoms. The molecule has 2 N–H and O–H groups in total. The summed E-state index contributed by atoms with van der Waals surface area (Å²) in [5, 5.41) is 9.63. The lowest BCUT2D eigenvalue weighted by molar-refractivity contribution is 0.0953.